The van der Waals surface area contributed by atoms with Gasteiger partial charge in [0.15, 0.2) is 11.6 Å². The van der Waals surface area contributed by atoms with E-state index in [4.69, 9.17) is 26.8 Å². The van der Waals surface area contributed by atoms with E-state index in [0.717, 1.165) is 23.8 Å². The van der Waals surface area contributed by atoms with Crippen LogP contribution in [0.4, 0.5) is 41.6 Å². The molecule has 3 fully saturated rings. The smallest absolute Gasteiger partial charge is 0.319 e. The van der Waals surface area contributed by atoms with Crippen LogP contribution in [0.5, 0.6) is 11.8 Å². The molecule has 3 atom stereocenters. The van der Waals surface area contributed by atoms with Crippen LogP contribution in [0.1, 0.15) is 44.1 Å². The van der Waals surface area contributed by atoms with E-state index < -0.39 is 72.6 Å². The fraction of sp³-hybridized carbons (Fsp3) is 0.500. The summed E-state index contributed by atoms with van der Waals surface area (Å²) in [5.74, 6) is -5.48. The number of thiophene rings is 1. The number of nitrogen functional groups attached to an aromatic ring is 1. The van der Waals surface area contributed by atoms with Gasteiger partial charge in [-0.25, -0.2) is 30.7 Å². The molecular formula is C34H30ClF7N6O2S. The highest BCUT2D eigenvalue weighted by atomic mass is 35.5. The number of nitrogens with two attached hydrogens (primary N) is 1. The molecule has 51 heavy (non-hydrogen) atoms. The minimum absolute atomic E-state index is 0.000624. The second kappa shape index (κ2) is 12.4. The number of halogens is 8. The number of hydrogen-bond acceptors (Lipinski definition) is 9. The molecule has 0 spiro atoms. The van der Waals surface area contributed by atoms with Crippen molar-refractivity contribution in [1.82, 2.24) is 14.9 Å². The Kier molecular flexibility index (Phi) is 8.34. The largest absolute Gasteiger partial charge is 0.489 e. The molecule has 2 N–H and O–H groups in total. The molecule has 2 aromatic carbocycles. The third kappa shape index (κ3) is 5.66. The van der Waals surface area contributed by atoms with E-state index in [9.17, 15) is 27.2 Å². The number of rotatable bonds is 8. The number of benzene rings is 2. The first kappa shape index (κ1) is 34.3. The van der Waals surface area contributed by atoms with Crippen LogP contribution in [0.3, 0.4) is 0 Å². The summed E-state index contributed by atoms with van der Waals surface area (Å²) >= 11 is 7.73. The maximum atomic E-state index is 17.2. The standard InChI is InChI=1S/C34H30ClF7N6O2S/c35-25-23(18-2-3-20(37)29-22(18)19(10-43)30(44)51-29)26(40)27-24-28(25)49-13-17(6-15-7-34(41,42)8-15)48(12-21(38)39)31(24)46-32(45-27)50-14-33-4-1-5-47(33)11-16(36)9-33/h2-3,15-17,21H,1,4-9,11-14,44H2/t16-,17?,33+/m1/s1. The van der Waals surface area contributed by atoms with E-state index in [0.29, 0.717) is 13.0 Å². The van der Waals surface area contributed by atoms with E-state index in [1.54, 1.807) is 0 Å². The van der Waals surface area contributed by atoms with Crippen LogP contribution in [0.15, 0.2) is 12.1 Å². The lowest BCUT2D eigenvalue weighted by atomic mass is 9.77. The van der Waals surface area contributed by atoms with Gasteiger partial charge in [0.05, 0.1) is 38.8 Å². The van der Waals surface area contributed by atoms with Crippen LogP contribution >= 0.6 is 22.9 Å². The molecule has 2 aromatic heterocycles. The normalized spacial score (nSPS) is 24.5. The fourth-order valence-electron chi connectivity index (χ4n) is 8.39. The maximum Gasteiger partial charge on any atom is 0.319 e. The Labute approximate surface area is 295 Å². The van der Waals surface area contributed by atoms with Gasteiger partial charge >= 0.3 is 6.01 Å². The molecule has 4 aromatic rings. The summed E-state index contributed by atoms with van der Waals surface area (Å²) in [5.41, 5.74) is 4.56. The molecule has 8 nitrogen and oxygen atoms in total. The highest BCUT2D eigenvalue weighted by Crippen LogP contribution is 2.52. The first-order valence-corrected chi connectivity index (χ1v) is 17.7. The Bertz CT molecular complexity index is 2110. The van der Waals surface area contributed by atoms with Crippen molar-refractivity contribution in [3.05, 3.63) is 34.4 Å². The van der Waals surface area contributed by atoms with Crippen LogP contribution in [-0.2, 0) is 0 Å². The number of nitrogens with zero attached hydrogens (tertiary/aromatic N) is 5. The Morgan fingerprint density at radius 3 is 2.69 bits per heavy atom. The van der Waals surface area contributed by atoms with E-state index in [1.165, 1.54) is 11.0 Å². The van der Waals surface area contributed by atoms with E-state index >= 15 is 8.78 Å². The molecule has 1 saturated carbocycles. The van der Waals surface area contributed by atoms with Gasteiger partial charge in [0, 0.05) is 36.8 Å². The average molecular weight is 755 g/mol. The third-order valence-electron chi connectivity index (χ3n) is 10.6. The Morgan fingerprint density at radius 1 is 1.18 bits per heavy atom. The van der Waals surface area contributed by atoms with Crippen molar-refractivity contribution >= 4 is 54.7 Å². The minimum atomic E-state index is -2.92. The van der Waals surface area contributed by atoms with Gasteiger partial charge in [0.2, 0.25) is 5.92 Å². The summed E-state index contributed by atoms with van der Waals surface area (Å²) in [5, 5.41) is 9.45. The first-order valence-electron chi connectivity index (χ1n) is 16.5. The van der Waals surface area contributed by atoms with Crippen molar-refractivity contribution in [2.24, 2.45) is 5.92 Å². The Morgan fingerprint density at radius 2 is 1.96 bits per heavy atom. The van der Waals surface area contributed by atoms with Crippen molar-refractivity contribution in [3.63, 3.8) is 0 Å². The zero-order valence-electron chi connectivity index (χ0n) is 26.8. The molecule has 4 aliphatic rings. The number of anilines is 2. The highest BCUT2D eigenvalue weighted by molar-refractivity contribution is 7.23. The summed E-state index contributed by atoms with van der Waals surface area (Å²) < 4.78 is 115. The lowest BCUT2D eigenvalue weighted by molar-refractivity contribution is -0.114. The van der Waals surface area contributed by atoms with Gasteiger partial charge in [-0.15, -0.1) is 11.3 Å². The van der Waals surface area contributed by atoms with Crippen LogP contribution in [-0.4, -0.2) is 77.8 Å². The van der Waals surface area contributed by atoms with Gasteiger partial charge in [-0.3, -0.25) is 4.90 Å². The van der Waals surface area contributed by atoms with Crippen LogP contribution in [0.25, 0.3) is 32.1 Å². The van der Waals surface area contributed by atoms with Gasteiger partial charge in [-0.1, -0.05) is 17.7 Å². The molecule has 2 saturated heterocycles. The third-order valence-corrected chi connectivity index (χ3v) is 12.0. The van der Waals surface area contributed by atoms with Gasteiger partial charge in [0.1, 0.15) is 47.6 Å². The SMILES string of the molecule is N#Cc1c(N)sc2c(F)ccc(-c3c(Cl)c4c5c(nc(OC[C@@]67CCCN6C[C@H](F)C7)nc5c3F)N(CC(F)F)C(CC3CC(F)(F)C3)CO4)c12. The summed E-state index contributed by atoms with van der Waals surface area (Å²) in [4.78, 5) is 12.1. The number of ether oxygens (including phenoxy) is 2. The van der Waals surface area contributed by atoms with Gasteiger partial charge < -0.3 is 20.1 Å². The van der Waals surface area contributed by atoms with Gasteiger partial charge in [0.25, 0.3) is 6.43 Å². The predicted molar refractivity (Wildman–Crippen MR) is 178 cm³/mol. The monoisotopic (exact) mass is 754 g/mol. The Hall–Kier alpha value is -3.81. The molecule has 0 amide bonds. The summed E-state index contributed by atoms with van der Waals surface area (Å²) in [6.07, 6.45) is -3.15. The average Bonchev–Trinajstić information content (AvgIpc) is 3.67. The Balaban J connectivity index is 1.33. The first-order chi connectivity index (χ1) is 24.3. The molecule has 0 bridgehead atoms. The topological polar surface area (TPSA) is 101 Å². The highest BCUT2D eigenvalue weighted by Gasteiger charge is 2.50. The number of fused-ring (bicyclic) bond motifs is 2. The summed E-state index contributed by atoms with van der Waals surface area (Å²) in [6.45, 7) is -0.359. The lowest BCUT2D eigenvalue weighted by Gasteiger charge is -2.39. The second-order valence-corrected chi connectivity index (χ2v) is 15.3. The lowest BCUT2D eigenvalue weighted by Crippen LogP contribution is -2.46. The summed E-state index contributed by atoms with van der Waals surface area (Å²) in [6, 6.07) is 2.98. The number of aromatic nitrogens is 2. The summed E-state index contributed by atoms with van der Waals surface area (Å²) in [7, 11) is 0. The van der Waals surface area contributed by atoms with Crippen molar-refractivity contribution in [1.29, 1.82) is 5.26 Å². The predicted octanol–water partition coefficient (Wildman–Crippen LogP) is 8.12. The zero-order valence-corrected chi connectivity index (χ0v) is 28.4. The van der Waals surface area contributed by atoms with Crippen LogP contribution in [0, 0.1) is 28.9 Å². The molecule has 8 rings (SSSR count). The number of alkyl halides is 5. The molecule has 270 valence electrons. The molecule has 1 unspecified atom stereocenters. The van der Waals surface area contributed by atoms with Gasteiger partial charge in [-0.2, -0.15) is 15.2 Å². The minimum Gasteiger partial charge on any atom is -0.489 e. The van der Waals surface area contributed by atoms with Crippen molar-refractivity contribution < 1.29 is 40.2 Å². The van der Waals surface area contributed by atoms with E-state index in [-0.39, 0.29) is 92.4 Å². The van der Waals surface area contributed by atoms with E-state index in [2.05, 4.69) is 9.97 Å². The zero-order chi connectivity index (χ0) is 36.0. The second-order valence-electron chi connectivity index (χ2n) is 13.9. The van der Waals surface area contributed by atoms with Gasteiger partial charge in [-0.05, 0) is 43.4 Å². The molecule has 1 aliphatic carbocycles. The van der Waals surface area contributed by atoms with Crippen molar-refractivity contribution in [2.45, 2.75) is 68.6 Å². The number of hydrogen-bond donors (Lipinski definition) is 1. The maximum absolute atomic E-state index is 17.2. The molecular weight excluding hydrogens is 725 g/mol. The molecule has 17 heteroatoms. The number of nitriles is 1. The molecule has 3 aliphatic heterocycles. The molecule has 0 radical (unpaired) electrons. The quantitative estimate of drug-likeness (QED) is 0.180. The van der Waals surface area contributed by atoms with Crippen molar-refractivity contribution in [3.8, 4) is 29.0 Å². The van der Waals surface area contributed by atoms with Crippen LogP contribution in [0.2, 0.25) is 5.02 Å². The van der Waals surface area contributed by atoms with E-state index in [1.807, 2.05) is 11.0 Å². The molecule has 5 heterocycles. The fourth-order valence-corrected chi connectivity index (χ4v) is 9.68. The van der Waals surface area contributed by atoms with Crippen molar-refractivity contribution in [2.75, 3.05) is 43.5 Å². The van der Waals surface area contributed by atoms with Crippen LogP contribution < -0.4 is 20.1 Å².